The molecule has 0 aliphatic rings. The summed E-state index contributed by atoms with van der Waals surface area (Å²) in [6.07, 6.45) is 0. The molecule has 0 saturated heterocycles. The van der Waals surface area contributed by atoms with Gasteiger partial charge in [0.25, 0.3) is 0 Å². The smallest absolute Gasteiger partial charge is 0.137 e. The molecule has 0 amide bonds. The minimum absolute atomic E-state index is 0.555. The molecule has 0 aliphatic carbocycles. The van der Waals surface area contributed by atoms with E-state index in [1.54, 1.807) is 0 Å². The van der Waals surface area contributed by atoms with Crippen molar-refractivity contribution < 1.29 is 4.74 Å². The number of rotatable bonds is 5. The Hall–Kier alpha value is -1.13. The highest BCUT2D eigenvalue weighted by atomic mass is 79.9. The lowest BCUT2D eigenvalue weighted by Gasteiger charge is -2.11. The minimum atomic E-state index is 0.555. The summed E-state index contributed by atoms with van der Waals surface area (Å²) in [7, 11) is 0. The van der Waals surface area contributed by atoms with Crippen LogP contribution in [-0.2, 0) is 11.3 Å². The lowest BCUT2D eigenvalue weighted by atomic mass is 10.2. The van der Waals surface area contributed by atoms with Crippen LogP contribution in [0.3, 0.4) is 0 Å². The highest BCUT2D eigenvalue weighted by Gasteiger charge is 2.07. The normalized spacial score (nSPS) is 10.9. The molecular weight excluding hydrogens is 304 g/mol. The maximum absolute atomic E-state index is 5.54. The first-order valence-corrected chi connectivity index (χ1v) is 7.50. The van der Waals surface area contributed by atoms with Gasteiger partial charge in [-0.25, -0.2) is 4.98 Å². The van der Waals surface area contributed by atoms with Gasteiger partial charge in [0.1, 0.15) is 5.82 Å². The fraction of sp³-hybridized carbons (Fsp3) is 0.400. The lowest BCUT2D eigenvalue weighted by molar-refractivity contribution is 0.134. The van der Waals surface area contributed by atoms with E-state index in [2.05, 4.69) is 65.5 Å². The van der Waals surface area contributed by atoms with Gasteiger partial charge in [-0.3, -0.25) is 0 Å². The van der Waals surface area contributed by atoms with Crippen LogP contribution >= 0.6 is 15.9 Å². The van der Waals surface area contributed by atoms with Gasteiger partial charge in [-0.05, 0) is 50.6 Å². The number of halogens is 1. The van der Waals surface area contributed by atoms with E-state index in [-0.39, 0.29) is 0 Å². The first kappa shape index (κ1) is 14.3. The molecule has 3 nitrogen and oxygen atoms in total. The zero-order valence-electron chi connectivity index (χ0n) is 11.6. The van der Waals surface area contributed by atoms with E-state index in [0.29, 0.717) is 13.2 Å². The van der Waals surface area contributed by atoms with Gasteiger partial charge in [0.15, 0.2) is 0 Å². The Labute approximate surface area is 122 Å². The van der Waals surface area contributed by atoms with Gasteiger partial charge in [0.2, 0.25) is 0 Å². The molecule has 2 rings (SSSR count). The van der Waals surface area contributed by atoms with Crippen molar-refractivity contribution in [3.63, 3.8) is 0 Å². The van der Waals surface area contributed by atoms with Crippen LogP contribution in [0.5, 0.6) is 0 Å². The van der Waals surface area contributed by atoms with Crippen LogP contribution in [0.25, 0.3) is 5.82 Å². The highest BCUT2D eigenvalue weighted by Crippen LogP contribution is 2.16. The second-order valence-electron chi connectivity index (χ2n) is 4.69. The molecule has 2 heterocycles. The number of hydrogen-bond acceptors (Lipinski definition) is 2. The zero-order valence-corrected chi connectivity index (χ0v) is 13.2. The second kappa shape index (κ2) is 6.35. The molecule has 0 radical (unpaired) electrons. The number of aryl methyl sites for hydroxylation is 3. The van der Waals surface area contributed by atoms with Crippen molar-refractivity contribution in [3.8, 4) is 5.82 Å². The number of pyridine rings is 1. The van der Waals surface area contributed by atoms with Crippen molar-refractivity contribution >= 4 is 15.9 Å². The van der Waals surface area contributed by atoms with Gasteiger partial charge < -0.3 is 9.30 Å². The molecule has 0 unspecified atom stereocenters. The SMILES string of the molecule is Cc1cc(COCCBr)nc(-n2c(C)ccc2C)c1. The number of alkyl halides is 1. The Kier molecular flexibility index (Phi) is 4.77. The fourth-order valence-electron chi connectivity index (χ4n) is 2.17. The molecule has 0 atom stereocenters. The van der Waals surface area contributed by atoms with E-state index in [9.17, 15) is 0 Å². The monoisotopic (exact) mass is 322 g/mol. The maximum Gasteiger partial charge on any atom is 0.137 e. The predicted molar refractivity (Wildman–Crippen MR) is 81.2 cm³/mol. The van der Waals surface area contributed by atoms with E-state index < -0.39 is 0 Å². The summed E-state index contributed by atoms with van der Waals surface area (Å²) in [6, 6.07) is 8.40. The van der Waals surface area contributed by atoms with Crippen LogP contribution in [0.15, 0.2) is 24.3 Å². The first-order valence-electron chi connectivity index (χ1n) is 6.38. The first-order chi connectivity index (χ1) is 9.11. The molecule has 0 spiro atoms. The Morgan fingerprint density at radius 1 is 1.16 bits per heavy atom. The summed E-state index contributed by atoms with van der Waals surface area (Å²) in [5.41, 5.74) is 4.57. The van der Waals surface area contributed by atoms with Gasteiger partial charge in [-0.15, -0.1) is 0 Å². The molecule has 0 fully saturated rings. The largest absolute Gasteiger partial charge is 0.374 e. The fourth-order valence-corrected chi connectivity index (χ4v) is 2.40. The molecule has 2 aromatic heterocycles. The molecule has 0 N–H and O–H groups in total. The molecule has 0 bridgehead atoms. The van der Waals surface area contributed by atoms with Crippen LogP contribution in [0.4, 0.5) is 0 Å². The van der Waals surface area contributed by atoms with E-state index in [1.807, 2.05) is 0 Å². The van der Waals surface area contributed by atoms with Crippen molar-refractivity contribution in [1.29, 1.82) is 0 Å². The average molecular weight is 323 g/mol. The van der Waals surface area contributed by atoms with Crippen LogP contribution in [-0.4, -0.2) is 21.5 Å². The molecule has 19 heavy (non-hydrogen) atoms. The van der Waals surface area contributed by atoms with E-state index >= 15 is 0 Å². The molecule has 0 saturated carbocycles. The topological polar surface area (TPSA) is 27.1 Å². The number of aromatic nitrogens is 2. The summed E-state index contributed by atoms with van der Waals surface area (Å²) in [6.45, 7) is 7.54. The standard InChI is InChI=1S/C15H19BrN2O/c1-11-8-14(10-19-7-6-16)17-15(9-11)18-12(2)4-5-13(18)3/h4-5,8-9H,6-7,10H2,1-3H3. The number of nitrogens with zero attached hydrogens (tertiary/aromatic N) is 2. The van der Waals surface area contributed by atoms with Crippen molar-refractivity contribution in [2.45, 2.75) is 27.4 Å². The van der Waals surface area contributed by atoms with Crippen LogP contribution < -0.4 is 0 Å². The summed E-state index contributed by atoms with van der Waals surface area (Å²) < 4.78 is 7.71. The predicted octanol–water partition coefficient (Wildman–Crippen LogP) is 3.71. The van der Waals surface area contributed by atoms with Crippen LogP contribution in [0.1, 0.15) is 22.6 Å². The van der Waals surface area contributed by atoms with E-state index in [1.165, 1.54) is 17.0 Å². The van der Waals surface area contributed by atoms with Gasteiger partial charge >= 0.3 is 0 Å². The minimum Gasteiger partial charge on any atom is -0.374 e. The third-order valence-electron chi connectivity index (χ3n) is 2.98. The number of hydrogen-bond donors (Lipinski definition) is 0. The molecule has 102 valence electrons. The molecule has 0 aromatic carbocycles. The summed E-state index contributed by atoms with van der Waals surface area (Å²) in [5.74, 6) is 0.970. The Morgan fingerprint density at radius 2 is 1.84 bits per heavy atom. The second-order valence-corrected chi connectivity index (χ2v) is 5.48. The third-order valence-corrected chi connectivity index (χ3v) is 3.30. The van der Waals surface area contributed by atoms with Crippen LogP contribution in [0, 0.1) is 20.8 Å². The van der Waals surface area contributed by atoms with Crippen molar-refractivity contribution in [2.75, 3.05) is 11.9 Å². The quantitative estimate of drug-likeness (QED) is 0.619. The summed E-state index contributed by atoms with van der Waals surface area (Å²) in [4.78, 5) is 4.69. The van der Waals surface area contributed by atoms with Crippen molar-refractivity contribution in [2.24, 2.45) is 0 Å². The molecule has 2 aromatic rings. The van der Waals surface area contributed by atoms with Crippen molar-refractivity contribution in [3.05, 3.63) is 46.9 Å². The summed E-state index contributed by atoms with van der Waals surface area (Å²) in [5, 5.41) is 0.849. The van der Waals surface area contributed by atoms with Gasteiger partial charge in [0, 0.05) is 16.7 Å². The van der Waals surface area contributed by atoms with Gasteiger partial charge in [0.05, 0.1) is 18.9 Å². The Balaban J connectivity index is 2.31. The molecule has 4 heteroatoms. The third kappa shape index (κ3) is 3.45. The zero-order chi connectivity index (χ0) is 13.8. The molecular formula is C15H19BrN2O. The summed E-state index contributed by atoms with van der Waals surface area (Å²) >= 11 is 3.35. The number of ether oxygens (including phenoxy) is 1. The maximum atomic E-state index is 5.54. The lowest BCUT2D eigenvalue weighted by Crippen LogP contribution is -2.06. The van der Waals surface area contributed by atoms with E-state index in [4.69, 9.17) is 9.72 Å². The Bertz CT molecular complexity index is 544. The molecule has 0 aliphatic heterocycles. The van der Waals surface area contributed by atoms with Gasteiger partial charge in [-0.2, -0.15) is 0 Å². The highest BCUT2D eigenvalue weighted by molar-refractivity contribution is 9.09. The van der Waals surface area contributed by atoms with E-state index in [0.717, 1.165) is 16.8 Å². The van der Waals surface area contributed by atoms with Gasteiger partial charge in [-0.1, -0.05) is 15.9 Å². The average Bonchev–Trinajstić information content (AvgIpc) is 2.69. The van der Waals surface area contributed by atoms with Crippen molar-refractivity contribution in [1.82, 2.24) is 9.55 Å². The Morgan fingerprint density at radius 3 is 2.47 bits per heavy atom. The van der Waals surface area contributed by atoms with Crippen LogP contribution in [0.2, 0.25) is 0 Å².